The molecule has 0 atom stereocenters. The van der Waals surface area contributed by atoms with E-state index in [1.54, 1.807) is 0 Å². The lowest BCUT2D eigenvalue weighted by Crippen LogP contribution is -2.21. The number of aromatic amines is 1. The van der Waals surface area contributed by atoms with E-state index >= 15 is 0 Å². The highest BCUT2D eigenvalue weighted by atomic mass is 16.5. The fraction of sp³-hybridized carbons (Fsp3) is 0.400. The van der Waals surface area contributed by atoms with Crippen LogP contribution in [0.1, 0.15) is 36.5 Å². The molecule has 3 heteroatoms. The Bertz CT molecular complexity index is 581. The lowest BCUT2D eigenvalue weighted by Gasteiger charge is -2.23. The molecule has 0 bridgehead atoms. The van der Waals surface area contributed by atoms with Gasteiger partial charge in [0.2, 0.25) is 0 Å². The number of hydrogen-bond donors (Lipinski definition) is 1. The third-order valence-electron chi connectivity index (χ3n) is 3.71. The average molecular weight is 243 g/mol. The molecule has 94 valence electrons. The molecule has 1 aliphatic carbocycles. The quantitative estimate of drug-likeness (QED) is 0.834. The molecule has 1 fully saturated rings. The van der Waals surface area contributed by atoms with Gasteiger partial charge in [-0.15, -0.1) is 0 Å². The maximum atomic E-state index is 12.3. The van der Waals surface area contributed by atoms with Crippen LogP contribution in [0.5, 0.6) is 5.75 Å². The number of hydrogen-bond acceptors (Lipinski definition) is 2. The van der Waals surface area contributed by atoms with Crippen LogP contribution in [0.15, 0.2) is 24.4 Å². The second-order valence-electron chi connectivity index (χ2n) is 4.83. The molecule has 1 heterocycles. The standard InChI is InChI=1S/C15H17NO2/c1-2-18-11-6-7-14-12(8-11)13(9-16-14)15(17)10-4-3-5-10/h6-10,16H,2-5H2,1H3. The highest BCUT2D eigenvalue weighted by Crippen LogP contribution is 2.33. The number of H-pyrrole nitrogens is 1. The number of ether oxygens (including phenoxy) is 1. The fourth-order valence-electron chi connectivity index (χ4n) is 2.45. The molecule has 0 unspecified atom stereocenters. The van der Waals surface area contributed by atoms with Crippen LogP contribution < -0.4 is 4.74 Å². The first-order valence-corrected chi connectivity index (χ1v) is 6.57. The van der Waals surface area contributed by atoms with Gasteiger partial charge in [0.05, 0.1) is 6.61 Å². The Morgan fingerprint density at radius 1 is 1.44 bits per heavy atom. The lowest BCUT2D eigenvalue weighted by molar-refractivity contribution is 0.0857. The highest BCUT2D eigenvalue weighted by molar-refractivity contribution is 6.09. The van der Waals surface area contributed by atoms with E-state index in [0.717, 1.165) is 35.1 Å². The molecule has 3 rings (SSSR count). The maximum Gasteiger partial charge on any atom is 0.168 e. The van der Waals surface area contributed by atoms with E-state index in [2.05, 4.69) is 4.98 Å². The summed E-state index contributed by atoms with van der Waals surface area (Å²) in [4.78, 5) is 15.5. The number of benzene rings is 1. The van der Waals surface area contributed by atoms with Crippen molar-refractivity contribution in [2.45, 2.75) is 26.2 Å². The minimum atomic E-state index is 0.236. The van der Waals surface area contributed by atoms with Crippen LogP contribution in [0, 0.1) is 5.92 Å². The molecule has 0 spiro atoms. The molecule has 0 saturated heterocycles. The van der Waals surface area contributed by atoms with Gasteiger partial charge < -0.3 is 9.72 Å². The summed E-state index contributed by atoms with van der Waals surface area (Å²) in [5.41, 5.74) is 1.82. The second-order valence-corrected chi connectivity index (χ2v) is 4.83. The minimum Gasteiger partial charge on any atom is -0.494 e. The SMILES string of the molecule is CCOc1ccc2[nH]cc(C(=O)C3CCC3)c2c1. The number of Topliss-reactive ketones (excluding diaryl/α,β-unsaturated/α-hetero) is 1. The largest absolute Gasteiger partial charge is 0.494 e. The first kappa shape index (κ1) is 11.3. The van der Waals surface area contributed by atoms with Crippen molar-refractivity contribution in [3.63, 3.8) is 0 Å². The summed E-state index contributed by atoms with van der Waals surface area (Å²) in [5, 5.41) is 0.984. The monoisotopic (exact) mass is 243 g/mol. The first-order valence-electron chi connectivity index (χ1n) is 6.57. The number of carbonyl (C=O) groups is 1. The van der Waals surface area contributed by atoms with Gasteiger partial charge in [0, 0.05) is 28.6 Å². The number of fused-ring (bicyclic) bond motifs is 1. The number of aromatic nitrogens is 1. The lowest BCUT2D eigenvalue weighted by atomic mass is 9.80. The van der Waals surface area contributed by atoms with E-state index in [-0.39, 0.29) is 11.7 Å². The van der Waals surface area contributed by atoms with E-state index in [9.17, 15) is 4.79 Å². The normalized spacial score (nSPS) is 15.6. The Labute approximate surface area is 106 Å². The van der Waals surface area contributed by atoms with Crippen molar-refractivity contribution < 1.29 is 9.53 Å². The number of carbonyl (C=O) groups excluding carboxylic acids is 1. The van der Waals surface area contributed by atoms with Crippen LogP contribution >= 0.6 is 0 Å². The number of ketones is 1. The third kappa shape index (κ3) is 1.80. The Hall–Kier alpha value is -1.77. The van der Waals surface area contributed by atoms with Crippen LogP contribution in [0.2, 0.25) is 0 Å². The van der Waals surface area contributed by atoms with Crippen LogP contribution in [-0.4, -0.2) is 17.4 Å². The second kappa shape index (κ2) is 4.48. The zero-order chi connectivity index (χ0) is 12.5. The van der Waals surface area contributed by atoms with Gasteiger partial charge in [0.15, 0.2) is 5.78 Å². The number of rotatable bonds is 4. The van der Waals surface area contributed by atoms with E-state index in [0.29, 0.717) is 6.61 Å². The Morgan fingerprint density at radius 2 is 2.28 bits per heavy atom. The van der Waals surface area contributed by atoms with E-state index in [4.69, 9.17) is 4.74 Å². The van der Waals surface area contributed by atoms with Crippen LogP contribution in [0.3, 0.4) is 0 Å². The van der Waals surface area contributed by atoms with Gasteiger partial charge in [-0.25, -0.2) is 0 Å². The van der Waals surface area contributed by atoms with Gasteiger partial charge in [-0.3, -0.25) is 4.79 Å². The topological polar surface area (TPSA) is 42.1 Å². The van der Waals surface area contributed by atoms with Gasteiger partial charge in [0.25, 0.3) is 0 Å². The first-order chi connectivity index (χ1) is 8.79. The van der Waals surface area contributed by atoms with Crippen LogP contribution in [0.25, 0.3) is 10.9 Å². The molecular weight excluding hydrogens is 226 g/mol. The molecule has 1 aliphatic rings. The fourth-order valence-corrected chi connectivity index (χ4v) is 2.45. The zero-order valence-electron chi connectivity index (χ0n) is 10.5. The van der Waals surface area contributed by atoms with Crippen molar-refractivity contribution in [3.8, 4) is 5.75 Å². The van der Waals surface area contributed by atoms with Crippen molar-refractivity contribution in [3.05, 3.63) is 30.0 Å². The Balaban J connectivity index is 2.00. The van der Waals surface area contributed by atoms with E-state index in [1.165, 1.54) is 6.42 Å². The van der Waals surface area contributed by atoms with Crippen molar-refractivity contribution in [1.82, 2.24) is 4.98 Å². The van der Waals surface area contributed by atoms with Crippen molar-refractivity contribution in [1.29, 1.82) is 0 Å². The predicted molar refractivity (Wildman–Crippen MR) is 71.1 cm³/mol. The average Bonchev–Trinajstić information content (AvgIpc) is 2.70. The van der Waals surface area contributed by atoms with Crippen molar-refractivity contribution >= 4 is 16.7 Å². The predicted octanol–water partition coefficient (Wildman–Crippen LogP) is 3.55. The van der Waals surface area contributed by atoms with E-state index < -0.39 is 0 Å². The van der Waals surface area contributed by atoms with E-state index in [1.807, 2.05) is 31.3 Å². The maximum absolute atomic E-state index is 12.3. The van der Waals surface area contributed by atoms with Crippen molar-refractivity contribution in [2.24, 2.45) is 5.92 Å². The molecule has 0 radical (unpaired) electrons. The molecule has 18 heavy (non-hydrogen) atoms. The summed E-state index contributed by atoms with van der Waals surface area (Å²) >= 11 is 0. The molecule has 1 saturated carbocycles. The van der Waals surface area contributed by atoms with Gasteiger partial charge in [-0.05, 0) is 38.0 Å². The van der Waals surface area contributed by atoms with Gasteiger partial charge in [-0.2, -0.15) is 0 Å². The number of nitrogens with one attached hydrogen (secondary N) is 1. The molecule has 1 aromatic carbocycles. The summed E-state index contributed by atoms with van der Waals surface area (Å²) in [6.45, 7) is 2.60. The minimum absolute atomic E-state index is 0.236. The smallest absolute Gasteiger partial charge is 0.168 e. The summed E-state index contributed by atoms with van der Waals surface area (Å²) in [6, 6.07) is 5.86. The Kier molecular flexibility index (Phi) is 2.82. The molecule has 1 aromatic heterocycles. The third-order valence-corrected chi connectivity index (χ3v) is 3.71. The highest BCUT2D eigenvalue weighted by Gasteiger charge is 2.27. The summed E-state index contributed by atoms with van der Waals surface area (Å²) in [7, 11) is 0. The summed E-state index contributed by atoms with van der Waals surface area (Å²) in [5.74, 6) is 1.34. The molecule has 1 N–H and O–H groups in total. The molecule has 0 aliphatic heterocycles. The van der Waals surface area contributed by atoms with Crippen LogP contribution in [0.4, 0.5) is 0 Å². The van der Waals surface area contributed by atoms with Crippen LogP contribution in [-0.2, 0) is 0 Å². The Morgan fingerprint density at radius 3 is 2.94 bits per heavy atom. The molecule has 2 aromatic rings. The zero-order valence-corrected chi connectivity index (χ0v) is 10.5. The molecule has 0 amide bonds. The summed E-state index contributed by atoms with van der Waals surface area (Å²) in [6.07, 6.45) is 5.09. The van der Waals surface area contributed by atoms with Crippen molar-refractivity contribution in [2.75, 3.05) is 6.61 Å². The van der Waals surface area contributed by atoms with Gasteiger partial charge >= 0.3 is 0 Å². The van der Waals surface area contributed by atoms with Gasteiger partial charge in [0.1, 0.15) is 5.75 Å². The van der Waals surface area contributed by atoms with Gasteiger partial charge in [-0.1, -0.05) is 6.42 Å². The molecule has 3 nitrogen and oxygen atoms in total. The molecular formula is C15H17NO2. The summed E-state index contributed by atoms with van der Waals surface area (Å²) < 4.78 is 5.49.